The monoisotopic (exact) mass is 429 g/mol. The molecule has 1 N–H and O–H groups in total. The van der Waals surface area contributed by atoms with E-state index in [-0.39, 0.29) is 24.4 Å². The Labute approximate surface area is 177 Å². The first kappa shape index (κ1) is 21.9. The third kappa shape index (κ3) is 6.11. The van der Waals surface area contributed by atoms with Crippen molar-refractivity contribution in [2.45, 2.75) is 13.5 Å². The molecule has 0 bridgehead atoms. The van der Waals surface area contributed by atoms with Gasteiger partial charge in [0, 0.05) is 30.8 Å². The topological polar surface area (TPSA) is 82.5 Å². The minimum absolute atomic E-state index is 0.151. The van der Waals surface area contributed by atoms with Crippen LogP contribution >= 0.6 is 0 Å². The van der Waals surface area contributed by atoms with Crippen LogP contribution in [0, 0.1) is 11.6 Å². The highest BCUT2D eigenvalue weighted by Crippen LogP contribution is 2.19. The summed E-state index contributed by atoms with van der Waals surface area (Å²) in [5.74, 6) is -1.61. The molecule has 0 atom stereocenters. The molecular formula is C22H21F2N3O4. The lowest BCUT2D eigenvalue weighted by atomic mass is 10.1. The second-order valence-electron chi connectivity index (χ2n) is 6.48. The molecule has 0 saturated heterocycles. The van der Waals surface area contributed by atoms with Crippen LogP contribution in [0.4, 0.5) is 8.78 Å². The summed E-state index contributed by atoms with van der Waals surface area (Å²) in [6.45, 7) is 2.38. The standard InChI is InChI=1S/C22H21F2N3O4/c1-2-30-17-6-3-15(4-7-17)19-12-22(29)27(14-26-19)10-9-25-21(28)13-31-20-8-5-16(23)11-18(20)24/h3-8,11-12,14H,2,9-10,13H2,1H3,(H,25,28). The molecule has 0 radical (unpaired) electrons. The molecule has 9 heteroatoms. The average molecular weight is 429 g/mol. The summed E-state index contributed by atoms with van der Waals surface area (Å²) in [4.78, 5) is 28.4. The molecule has 1 aromatic heterocycles. The second kappa shape index (κ2) is 10.3. The van der Waals surface area contributed by atoms with E-state index in [9.17, 15) is 18.4 Å². The highest BCUT2D eigenvalue weighted by molar-refractivity contribution is 5.77. The van der Waals surface area contributed by atoms with E-state index < -0.39 is 24.1 Å². The Morgan fingerprint density at radius 2 is 1.87 bits per heavy atom. The van der Waals surface area contributed by atoms with Gasteiger partial charge < -0.3 is 14.8 Å². The van der Waals surface area contributed by atoms with Gasteiger partial charge in [-0.3, -0.25) is 14.2 Å². The van der Waals surface area contributed by atoms with Crippen LogP contribution < -0.4 is 20.3 Å². The van der Waals surface area contributed by atoms with Crippen molar-refractivity contribution >= 4 is 5.91 Å². The Hall–Kier alpha value is -3.75. The van der Waals surface area contributed by atoms with Gasteiger partial charge in [-0.15, -0.1) is 0 Å². The Morgan fingerprint density at radius 1 is 1.10 bits per heavy atom. The molecule has 0 aliphatic heterocycles. The smallest absolute Gasteiger partial charge is 0.258 e. The largest absolute Gasteiger partial charge is 0.494 e. The molecule has 0 saturated carbocycles. The van der Waals surface area contributed by atoms with Gasteiger partial charge in [0.1, 0.15) is 11.6 Å². The quantitative estimate of drug-likeness (QED) is 0.566. The Kier molecular flexibility index (Phi) is 7.31. The third-order valence-electron chi connectivity index (χ3n) is 4.27. The molecular weight excluding hydrogens is 408 g/mol. The molecule has 3 aromatic rings. The molecule has 1 heterocycles. The number of rotatable bonds is 9. The molecule has 1 amide bonds. The van der Waals surface area contributed by atoms with Crippen molar-refractivity contribution in [3.8, 4) is 22.8 Å². The molecule has 0 fully saturated rings. The molecule has 7 nitrogen and oxygen atoms in total. The Morgan fingerprint density at radius 3 is 2.55 bits per heavy atom. The zero-order valence-corrected chi connectivity index (χ0v) is 16.8. The van der Waals surface area contributed by atoms with Crippen LogP contribution in [0.15, 0.2) is 59.7 Å². The predicted molar refractivity (Wildman–Crippen MR) is 110 cm³/mol. The average Bonchev–Trinajstić information content (AvgIpc) is 2.75. The minimum atomic E-state index is -0.891. The molecule has 31 heavy (non-hydrogen) atoms. The maximum Gasteiger partial charge on any atom is 0.258 e. The molecule has 2 aromatic carbocycles. The number of halogens is 2. The van der Waals surface area contributed by atoms with Crippen LogP contribution in [-0.2, 0) is 11.3 Å². The first-order valence-corrected chi connectivity index (χ1v) is 9.60. The van der Waals surface area contributed by atoms with E-state index in [0.717, 1.165) is 23.4 Å². The van der Waals surface area contributed by atoms with E-state index >= 15 is 0 Å². The summed E-state index contributed by atoms with van der Waals surface area (Å²) >= 11 is 0. The number of carbonyl (C=O) groups is 1. The summed E-state index contributed by atoms with van der Waals surface area (Å²) in [6, 6.07) is 11.5. The normalized spacial score (nSPS) is 10.5. The van der Waals surface area contributed by atoms with Gasteiger partial charge in [0.15, 0.2) is 18.2 Å². The lowest BCUT2D eigenvalue weighted by molar-refractivity contribution is -0.123. The number of benzene rings is 2. The number of carbonyl (C=O) groups excluding carboxylic acids is 1. The maximum atomic E-state index is 13.5. The number of aromatic nitrogens is 2. The van der Waals surface area contributed by atoms with Gasteiger partial charge in [-0.05, 0) is 43.3 Å². The van der Waals surface area contributed by atoms with Gasteiger partial charge >= 0.3 is 0 Å². The molecule has 0 spiro atoms. The van der Waals surface area contributed by atoms with Crippen molar-refractivity contribution in [3.05, 3.63) is 76.8 Å². The van der Waals surface area contributed by atoms with E-state index in [0.29, 0.717) is 18.4 Å². The number of nitrogens with zero attached hydrogens (tertiary/aromatic N) is 2. The number of ether oxygens (including phenoxy) is 2. The fourth-order valence-corrected chi connectivity index (χ4v) is 2.74. The maximum absolute atomic E-state index is 13.5. The van der Waals surface area contributed by atoms with Crippen LogP contribution in [0.2, 0.25) is 0 Å². The van der Waals surface area contributed by atoms with E-state index in [4.69, 9.17) is 9.47 Å². The summed E-state index contributed by atoms with van der Waals surface area (Å²) in [5, 5.41) is 2.56. The highest BCUT2D eigenvalue weighted by atomic mass is 19.1. The first-order chi connectivity index (χ1) is 15.0. The van der Waals surface area contributed by atoms with Crippen LogP contribution in [-0.4, -0.2) is 35.2 Å². The second-order valence-corrected chi connectivity index (χ2v) is 6.48. The van der Waals surface area contributed by atoms with Crippen molar-refractivity contribution in [2.75, 3.05) is 19.8 Å². The van der Waals surface area contributed by atoms with E-state index in [1.807, 2.05) is 19.1 Å². The van der Waals surface area contributed by atoms with Crippen LogP contribution in [0.25, 0.3) is 11.3 Å². The fraction of sp³-hybridized carbons (Fsp3) is 0.227. The minimum Gasteiger partial charge on any atom is -0.494 e. The fourth-order valence-electron chi connectivity index (χ4n) is 2.74. The van der Waals surface area contributed by atoms with Crippen LogP contribution in [0.5, 0.6) is 11.5 Å². The molecule has 3 rings (SSSR count). The molecule has 0 unspecified atom stereocenters. The van der Waals surface area contributed by atoms with Gasteiger partial charge in [-0.2, -0.15) is 0 Å². The Balaban J connectivity index is 1.50. The summed E-state index contributed by atoms with van der Waals surface area (Å²) < 4.78 is 38.1. The number of hydrogen-bond donors (Lipinski definition) is 1. The van der Waals surface area contributed by atoms with Gasteiger partial charge in [0.25, 0.3) is 11.5 Å². The summed E-state index contributed by atoms with van der Waals surface area (Å²) in [6.07, 6.45) is 1.41. The predicted octanol–water partition coefficient (Wildman–Crippen LogP) is 2.78. The number of nitrogens with one attached hydrogen (secondary N) is 1. The van der Waals surface area contributed by atoms with Gasteiger partial charge in [-0.25, -0.2) is 13.8 Å². The van der Waals surface area contributed by atoms with Gasteiger partial charge in [0.05, 0.1) is 18.6 Å². The zero-order chi connectivity index (χ0) is 22.2. The molecule has 0 aliphatic carbocycles. The van der Waals surface area contributed by atoms with E-state index in [2.05, 4.69) is 10.3 Å². The highest BCUT2D eigenvalue weighted by Gasteiger charge is 2.08. The van der Waals surface area contributed by atoms with Crippen LogP contribution in [0.1, 0.15) is 6.92 Å². The van der Waals surface area contributed by atoms with Crippen molar-refractivity contribution in [3.63, 3.8) is 0 Å². The van der Waals surface area contributed by atoms with Crippen molar-refractivity contribution in [2.24, 2.45) is 0 Å². The summed E-state index contributed by atoms with van der Waals surface area (Å²) in [7, 11) is 0. The first-order valence-electron chi connectivity index (χ1n) is 9.60. The number of hydrogen-bond acceptors (Lipinski definition) is 5. The van der Waals surface area contributed by atoms with E-state index in [1.165, 1.54) is 17.0 Å². The SMILES string of the molecule is CCOc1ccc(-c2cc(=O)n(CCNC(=O)COc3ccc(F)cc3F)cn2)cc1. The Bertz CT molecular complexity index is 1100. The third-order valence-corrected chi connectivity index (χ3v) is 4.27. The van der Waals surface area contributed by atoms with Crippen LogP contribution in [0.3, 0.4) is 0 Å². The lowest BCUT2D eigenvalue weighted by Crippen LogP contribution is -2.33. The zero-order valence-electron chi connectivity index (χ0n) is 16.8. The van der Waals surface area contributed by atoms with Crippen molar-refractivity contribution < 1.29 is 23.0 Å². The molecule has 0 aliphatic rings. The number of amides is 1. The van der Waals surface area contributed by atoms with Gasteiger partial charge in [0.2, 0.25) is 0 Å². The lowest BCUT2D eigenvalue weighted by Gasteiger charge is -2.10. The van der Waals surface area contributed by atoms with Crippen molar-refractivity contribution in [1.29, 1.82) is 0 Å². The van der Waals surface area contributed by atoms with Crippen molar-refractivity contribution in [1.82, 2.24) is 14.9 Å². The van der Waals surface area contributed by atoms with E-state index in [1.54, 1.807) is 12.1 Å². The van der Waals surface area contributed by atoms with Gasteiger partial charge in [-0.1, -0.05) is 0 Å². The molecule has 162 valence electrons. The summed E-state index contributed by atoms with van der Waals surface area (Å²) in [5.41, 5.74) is 1.05.